The first kappa shape index (κ1) is 16.1. The maximum absolute atomic E-state index is 8.81. The van der Waals surface area contributed by atoms with Crippen molar-refractivity contribution >= 4 is 5.84 Å². The summed E-state index contributed by atoms with van der Waals surface area (Å²) >= 11 is 0. The molecule has 3 N–H and O–H groups in total. The van der Waals surface area contributed by atoms with Crippen molar-refractivity contribution in [3.63, 3.8) is 0 Å². The third-order valence-corrected chi connectivity index (χ3v) is 3.08. The maximum atomic E-state index is 8.81. The van der Waals surface area contributed by atoms with Gasteiger partial charge in [-0.15, -0.1) is 0 Å². The van der Waals surface area contributed by atoms with E-state index in [9.17, 15) is 0 Å². The summed E-state index contributed by atoms with van der Waals surface area (Å²) < 4.78 is 11.0. The summed E-state index contributed by atoms with van der Waals surface area (Å²) in [5, 5.41) is 11.8. The molecule has 112 valence electrons. The smallest absolute Gasteiger partial charge is 0.173 e. The molecule has 0 bridgehead atoms. The Labute approximate surface area is 120 Å². The monoisotopic (exact) mass is 280 g/mol. The van der Waals surface area contributed by atoms with Gasteiger partial charge >= 0.3 is 0 Å². The molecule has 0 aromatic heterocycles. The zero-order valence-corrected chi connectivity index (χ0v) is 12.3. The molecule has 5 heteroatoms. The van der Waals surface area contributed by atoms with E-state index < -0.39 is 0 Å². The summed E-state index contributed by atoms with van der Waals surface area (Å²) in [5.74, 6) is 1.13. The van der Waals surface area contributed by atoms with E-state index in [0.717, 1.165) is 12.8 Å². The number of unbranched alkanes of at least 4 members (excludes halogenated alkanes) is 4. The zero-order valence-electron chi connectivity index (χ0n) is 12.3. The van der Waals surface area contributed by atoms with Crippen LogP contribution in [0.1, 0.15) is 44.6 Å². The first-order valence-electron chi connectivity index (χ1n) is 7.02. The molecule has 0 radical (unpaired) electrons. The van der Waals surface area contributed by atoms with Gasteiger partial charge in [0.1, 0.15) is 0 Å². The van der Waals surface area contributed by atoms with Crippen molar-refractivity contribution in [1.29, 1.82) is 0 Å². The molecule has 0 saturated carbocycles. The highest BCUT2D eigenvalue weighted by Gasteiger charge is 2.13. The average Bonchev–Trinajstić information content (AvgIpc) is 2.49. The van der Waals surface area contributed by atoms with E-state index >= 15 is 0 Å². The molecule has 0 spiro atoms. The molecule has 0 saturated heterocycles. The number of oxime groups is 1. The molecule has 0 amide bonds. The van der Waals surface area contributed by atoms with Crippen molar-refractivity contribution in [3.8, 4) is 11.5 Å². The first-order chi connectivity index (χ1) is 9.74. The second-order valence-corrected chi connectivity index (χ2v) is 4.58. The number of benzene rings is 1. The molecule has 0 heterocycles. The molecule has 0 fully saturated rings. The Morgan fingerprint density at radius 2 is 2.00 bits per heavy atom. The van der Waals surface area contributed by atoms with Gasteiger partial charge in [-0.2, -0.15) is 0 Å². The highest BCUT2D eigenvalue weighted by Crippen LogP contribution is 2.31. The number of hydrogen-bond donors (Lipinski definition) is 2. The summed E-state index contributed by atoms with van der Waals surface area (Å²) in [6.07, 6.45) is 5.82. The summed E-state index contributed by atoms with van der Waals surface area (Å²) in [5.41, 5.74) is 6.20. The van der Waals surface area contributed by atoms with Crippen LogP contribution in [-0.4, -0.2) is 24.8 Å². The summed E-state index contributed by atoms with van der Waals surface area (Å²) in [7, 11) is 1.57. The maximum Gasteiger partial charge on any atom is 0.173 e. The largest absolute Gasteiger partial charge is 0.493 e. The van der Waals surface area contributed by atoms with Crippen LogP contribution in [0.3, 0.4) is 0 Å². The number of para-hydroxylation sites is 1. The van der Waals surface area contributed by atoms with Crippen molar-refractivity contribution in [3.05, 3.63) is 23.8 Å². The SMILES string of the molecule is CCCCCCCOc1c(OC)cccc1/C(N)=N/O. The Bertz CT molecular complexity index is 433. The standard InChI is InChI=1S/C15H24N2O3/c1-3-4-5-6-7-11-20-14-12(15(16)17-18)9-8-10-13(14)19-2/h8-10,18H,3-7,11H2,1-2H3,(H2,16,17). The van der Waals surface area contributed by atoms with Crippen molar-refractivity contribution in [2.24, 2.45) is 10.9 Å². The molecular formula is C15H24N2O3. The molecule has 1 aromatic carbocycles. The molecule has 0 atom stereocenters. The van der Waals surface area contributed by atoms with Gasteiger partial charge in [-0.25, -0.2) is 0 Å². The lowest BCUT2D eigenvalue weighted by Gasteiger charge is -2.14. The van der Waals surface area contributed by atoms with Crippen LogP contribution in [0.15, 0.2) is 23.4 Å². The Morgan fingerprint density at radius 3 is 2.65 bits per heavy atom. The number of hydrogen-bond acceptors (Lipinski definition) is 4. The number of methoxy groups -OCH3 is 1. The fourth-order valence-corrected chi connectivity index (χ4v) is 1.96. The molecule has 0 aliphatic rings. The minimum absolute atomic E-state index is 0.0184. The van der Waals surface area contributed by atoms with Crippen molar-refractivity contribution in [2.45, 2.75) is 39.0 Å². The second-order valence-electron chi connectivity index (χ2n) is 4.58. The number of nitrogens with two attached hydrogens (primary N) is 1. The predicted molar refractivity (Wildman–Crippen MR) is 79.8 cm³/mol. The zero-order chi connectivity index (χ0) is 14.8. The molecule has 0 aliphatic heterocycles. The van der Waals surface area contributed by atoms with E-state index in [0.29, 0.717) is 23.7 Å². The lowest BCUT2D eigenvalue weighted by Crippen LogP contribution is -2.15. The number of rotatable bonds is 9. The summed E-state index contributed by atoms with van der Waals surface area (Å²) in [4.78, 5) is 0. The topological polar surface area (TPSA) is 77.1 Å². The normalized spacial score (nSPS) is 11.4. The van der Waals surface area contributed by atoms with Gasteiger partial charge in [0.2, 0.25) is 0 Å². The molecule has 1 aromatic rings. The van der Waals surface area contributed by atoms with Crippen LogP contribution in [0, 0.1) is 0 Å². The van der Waals surface area contributed by atoms with Gasteiger partial charge in [0.05, 0.1) is 19.3 Å². The van der Waals surface area contributed by atoms with Gasteiger partial charge in [0.15, 0.2) is 17.3 Å². The molecule has 1 rings (SSSR count). The van der Waals surface area contributed by atoms with Crippen molar-refractivity contribution in [1.82, 2.24) is 0 Å². The fraction of sp³-hybridized carbons (Fsp3) is 0.533. The summed E-state index contributed by atoms with van der Waals surface area (Å²) in [6, 6.07) is 5.31. The molecular weight excluding hydrogens is 256 g/mol. The van der Waals surface area contributed by atoms with Gasteiger partial charge in [-0.3, -0.25) is 0 Å². The number of nitrogens with zero attached hydrogens (tertiary/aromatic N) is 1. The van der Waals surface area contributed by atoms with Crippen LogP contribution in [0.5, 0.6) is 11.5 Å². The van der Waals surface area contributed by atoms with Gasteiger partial charge in [0.25, 0.3) is 0 Å². The van der Waals surface area contributed by atoms with Crippen molar-refractivity contribution in [2.75, 3.05) is 13.7 Å². The van der Waals surface area contributed by atoms with E-state index in [1.807, 2.05) is 0 Å². The Hall–Kier alpha value is -1.91. The molecule has 0 unspecified atom stereocenters. The molecule has 0 aliphatic carbocycles. The Morgan fingerprint density at radius 1 is 1.25 bits per heavy atom. The Kier molecular flexibility index (Phi) is 7.32. The lowest BCUT2D eigenvalue weighted by molar-refractivity contribution is 0.283. The van der Waals surface area contributed by atoms with Gasteiger partial charge < -0.3 is 20.4 Å². The number of amidine groups is 1. The first-order valence-corrected chi connectivity index (χ1v) is 7.02. The third kappa shape index (κ3) is 4.64. The highest BCUT2D eigenvalue weighted by molar-refractivity contribution is 6.00. The van der Waals surface area contributed by atoms with Gasteiger partial charge in [-0.1, -0.05) is 43.8 Å². The minimum atomic E-state index is 0.0184. The van der Waals surface area contributed by atoms with Gasteiger partial charge in [-0.05, 0) is 18.6 Å². The van der Waals surface area contributed by atoms with E-state index in [4.69, 9.17) is 20.4 Å². The Balaban J connectivity index is 2.67. The third-order valence-electron chi connectivity index (χ3n) is 3.08. The number of ether oxygens (including phenoxy) is 2. The van der Waals surface area contributed by atoms with Crippen LogP contribution in [-0.2, 0) is 0 Å². The van der Waals surface area contributed by atoms with E-state index in [2.05, 4.69) is 12.1 Å². The highest BCUT2D eigenvalue weighted by atomic mass is 16.5. The van der Waals surface area contributed by atoms with Crippen LogP contribution < -0.4 is 15.2 Å². The molecule has 20 heavy (non-hydrogen) atoms. The lowest BCUT2D eigenvalue weighted by atomic mass is 10.1. The minimum Gasteiger partial charge on any atom is -0.493 e. The average molecular weight is 280 g/mol. The fourth-order valence-electron chi connectivity index (χ4n) is 1.96. The predicted octanol–water partition coefficient (Wildman–Crippen LogP) is 3.14. The van der Waals surface area contributed by atoms with Gasteiger partial charge in [0, 0.05) is 0 Å². The van der Waals surface area contributed by atoms with E-state index in [-0.39, 0.29) is 5.84 Å². The van der Waals surface area contributed by atoms with Crippen LogP contribution in [0.2, 0.25) is 0 Å². The van der Waals surface area contributed by atoms with Crippen LogP contribution in [0.25, 0.3) is 0 Å². The van der Waals surface area contributed by atoms with Crippen molar-refractivity contribution < 1.29 is 14.7 Å². The van der Waals surface area contributed by atoms with Crippen LogP contribution in [0.4, 0.5) is 0 Å². The second kappa shape index (κ2) is 9.07. The van der Waals surface area contributed by atoms with E-state index in [1.165, 1.54) is 19.3 Å². The van der Waals surface area contributed by atoms with Crippen LogP contribution >= 0.6 is 0 Å². The quantitative estimate of drug-likeness (QED) is 0.239. The molecule has 5 nitrogen and oxygen atoms in total. The van der Waals surface area contributed by atoms with E-state index in [1.54, 1.807) is 25.3 Å². The summed E-state index contributed by atoms with van der Waals surface area (Å²) in [6.45, 7) is 2.78.